The highest BCUT2D eigenvalue weighted by atomic mass is 32.2. The molecule has 0 aromatic carbocycles. The first kappa shape index (κ1) is 21.9. The lowest BCUT2D eigenvalue weighted by Crippen LogP contribution is -2.33. The van der Waals surface area contributed by atoms with Gasteiger partial charge in [-0.2, -0.15) is 0 Å². The van der Waals surface area contributed by atoms with Gasteiger partial charge in [-0.05, 0) is 19.3 Å². The minimum absolute atomic E-state index is 0.153. The number of rotatable bonds is 10. The maximum atomic E-state index is 11.9. The number of ketones is 1. The van der Waals surface area contributed by atoms with Crippen molar-refractivity contribution < 1.29 is 20.1 Å². The Morgan fingerprint density at radius 3 is 2.72 bits per heavy atom. The Kier molecular flexibility index (Phi) is 7.38. The molecule has 2 aromatic heterocycles. The second-order valence-electron chi connectivity index (χ2n) is 7.20. The van der Waals surface area contributed by atoms with Crippen molar-refractivity contribution in [2.75, 3.05) is 24.2 Å². The summed E-state index contributed by atoms with van der Waals surface area (Å²) in [5, 5.41) is 42.2. The van der Waals surface area contributed by atoms with Gasteiger partial charge in [-0.25, -0.2) is 14.6 Å². The molecule has 1 fully saturated rings. The third-order valence-electron chi connectivity index (χ3n) is 5.10. The topological polar surface area (TPSA) is 146 Å². The van der Waals surface area contributed by atoms with E-state index in [9.17, 15) is 15.0 Å². The summed E-state index contributed by atoms with van der Waals surface area (Å²) in [4.78, 5) is 21.1. The van der Waals surface area contributed by atoms with Crippen LogP contribution in [0.1, 0.15) is 45.6 Å². The fourth-order valence-corrected chi connectivity index (χ4v) is 4.18. The molecule has 0 saturated heterocycles. The molecule has 160 valence electrons. The van der Waals surface area contributed by atoms with Gasteiger partial charge in [0.25, 0.3) is 0 Å². The molecule has 0 amide bonds. The van der Waals surface area contributed by atoms with Gasteiger partial charge in [0.05, 0.1) is 18.1 Å². The van der Waals surface area contributed by atoms with Crippen molar-refractivity contribution in [2.45, 2.75) is 62.9 Å². The van der Waals surface area contributed by atoms with Crippen LogP contribution in [0.3, 0.4) is 0 Å². The van der Waals surface area contributed by atoms with E-state index in [0.29, 0.717) is 22.1 Å². The molecule has 10 nitrogen and oxygen atoms in total. The molecule has 0 aliphatic heterocycles. The van der Waals surface area contributed by atoms with Crippen molar-refractivity contribution >= 4 is 34.5 Å². The van der Waals surface area contributed by atoms with Crippen molar-refractivity contribution in [3.63, 3.8) is 0 Å². The lowest BCUT2D eigenvalue weighted by molar-refractivity contribution is -0.129. The van der Waals surface area contributed by atoms with Crippen molar-refractivity contribution in [1.82, 2.24) is 25.0 Å². The van der Waals surface area contributed by atoms with E-state index in [-0.39, 0.29) is 6.42 Å². The van der Waals surface area contributed by atoms with Crippen LogP contribution in [0.2, 0.25) is 0 Å². The molecule has 11 heteroatoms. The summed E-state index contributed by atoms with van der Waals surface area (Å²) in [6.45, 7) is 4.25. The first-order valence-corrected chi connectivity index (χ1v) is 11.0. The normalized spacial score (nSPS) is 24.3. The minimum Gasteiger partial charge on any atom is -0.390 e. The summed E-state index contributed by atoms with van der Waals surface area (Å²) in [7, 11) is 0. The van der Waals surface area contributed by atoms with Gasteiger partial charge in [-0.3, -0.25) is 4.79 Å². The number of hydrogen-bond acceptors (Lipinski definition) is 10. The minimum atomic E-state index is -1.27. The maximum absolute atomic E-state index is 11.9. The highest BCUT2D eigenvalue weighted by Crippen LogP contribution is 2.37. The SMILES string of the molecule is CCCCNc1nc(SCCC)nc2c1nnn2[C@@H]1C[C@H](C(=O)CO)[C@@H](O)[C@H]1O. The van der Waals surface area contributed by atoms with Crippen LogP contribution in [0.25, 0.3) is 11.2 Å². The second-order valence-corrected chi connectivity index (χ2v) is 8.27. The quantitative estimate of drug-likeness (QED) is 0.245. The number of aliphatic hydroxyl groups is 3. The van der Waals surface area contributed by atoms with Crippen molar-refractivity contribution in [1.29, 1.82) is 0 Å². The van der Waals surface area contributed by atoms with Crippen LogP contribution in [-0.2, 0) is 4.79 Å². The summed E-state index contributed by atoms with van der Waals surface area (Å²) >= 11 is 1.52. The zero-order chi connectivity index (χ0) is 21.0. The molecule has 29 heavy (non-hydrogen) atoms. The predicted octanol–water partition coefficient (Wildman–Crippen LogP) is 0.780. The number of nitrogens with one attached hydrogen (secondary N) is 1. The first-order valence-electron chi connectivity index (χ1n) is 10.0. The van der Waals surface area contributed by atoms with Gasteiger partial charge in [-0.15, -0.1) is 5.10 Å². The van der Waals surface area contributed by atoms with Gasteiger partial charge in [0, 0.05) is 12.3 Å². The van der Waals surface area contributed by atoms with Crippen LogP contribution >= 0.6 is 11.8 Å². The molecule has 1 saturated carbocycles. The Bertz CT molecular complexity index is 847. The number of nitrogens with zero attached hydrogens (tertiary/aromatic N) is 5. The Hall–Kier alpha value is -1.82. The number of thioether (sulfide) groups is 1. The van der Waals surface area contributed by atoms with Gasteiger partial charge in [0.1, 0.15) is 12.7 Å². The molecule has 4 atom stereocenters. The number of aliphatic hydroxyl groups excluding tert-OH is 3. The molecular weight excluding hydrogens is 396 g/mol. The summed E-state index contributed by atoms with van der Waals surface area (Å²) in [5.74, 6) is 0.0972. The van der Waals surface area contributed by atoms with Gasteiger partial charge in [0.15, 0.2) is 27.9 Å². The van der Waals surface area contributed by atoms with Crippen LogP contribution in [0.4, 0.5) is 5.82 Å². The number of hydrogen-bond donors (Lipinski definition) is 4. The van der Waals surface area contributed by atoms with E-state index in [1.165, 1.54) is 16.4 Å². The fourth-order valence-electron chi connectivity index (χ4n) is 3.49. The molecule has 0 unspecified atom stereocenters. The highest BCUT2D eigenvalue weighted by Gasteiger charge is 2.46. The average Bonchev–Trinajstić information content (AvgIpc) is 3.27. The molecular formula is C18H28N6O4S. The van der Waals surface area contributed by atoms with Crippen LogP contribution in [0.15, 0.2) is 5.16 Å². The Balaban J connectivity index is 1.98. The summed E-state index contributed by atoms with van der Waals surface area (Å²) in [6.07, 6.45) is 0.671. The molecule has 0 bridgehead atoms. The summed E-state index contributed by atoms with van der Waals surface area (Å²) in [6, 6.07) is -0.669. The van der Waals surface area contributed by atoms with Crippen LogP contribution in [0, 0.1) is 5.92 Å². The van der Waals surface area contributed by atoms with Crippen molar-refractivity contribution in [3.8, 4) is 0 Å². The van der Waals surface area contributed by atoms with Gasteiger partial charge >= 0.3 is 0 Å². The third-order valence-corrected chi connectivity index (χ3v) is 6.15. The van der Waals surface area contributed by atoms with E-state index in [1.807, 2.05) is 0 Å². The van der Waals surface area contributed by atoms with Crippen LogP contribution in [0.5, 0.6) is 0 Å². The molecule has 1 aliphatic carbocycles. The number of unbranched alkanes of at least 4 members (excludes halogenated alkanes) is 1. The zero-order valence-electron chi connectivity index (χ0n) is 16.7. The third kappa shape index (κ3) is 4.52. The van der Waals surface area contributed by atoms with E-state index >= 15 is 0 Å². The number of anilines is 1. The number of Topliss-reactive ketones (excluding diaryl/α,β-unsaturated/α-hetero) is 1. The molecule has 0 spiro atoms. The van der Waals surface area contributed by atoms with E-state index in [4.69, 9.17) is 5.11 Å². The Labute approximate surface area is 173 Å². The fraction of sp³-hybridized carbons (Fsp3) is 0.722. The molecule has 4 N–H and O–H groups in total. The van der Waals surface area contributed by atoms with Crippen molar-refractivity contribution in [2.24, 2.45) is 5.92 Å². The number of carbonyl (C=O) groups excluding carboxylic acids is 1. The average molecular weight is 425 g/mol. The first-order chi connectivity index (χ1) is 14.0. The van der Waals surface area contributed by atoms with Crippen LogP contribution < -0.4 is 5.32 Å². The monoisotopic (exact) mass is 424 g/mol. The van der Waals surface area contributed by atoms with E-state index < -0.39 is 36.6 Å². The highest BCUT2D eigenvalue weighted by molar-refractivity contribution is 7.99. The van der Waals surface area contributed by atoms with Gasteiger partial charge in [0.2, 0.25) is 0 Å². The second kappa shape index (κ2) is 9.79. The molecule has 0 radical (unpaired) electrons. The summed E-state index contributed by atoms with van der Waals surface area (Å²) in [5.41, 5.74) is 0.937. The largest absolute Gasteiger partial charge is 0.390 e. The molecule has 1 aliphatic rings. The number of aromatic nitrogens is 5. The van der Waals surface area contributed by atoms with E-state index in [1.54, 1.807) is 0 Å². The predicted molar refractivity (Wildman–Crippen MR) is 109 cm³/mol. The summed E-state index contributed by atoms with van der Waals surface area (Å²) < 4.78 is 1.47. The molecule has 2 heterocycles. The lowest BCUT2D eigenvalue weighted by atomic mass is 10.0. The zero-order valence-corrected chi connectivity index (χ0v) is 17.5. The molecule has 3 rings (SSSR count). The maximum Gasteiger partial charge on any atom is 0.191 e. The molecule has 2 aromatic rings. The van der Waals surface area contributed by atoms with Crippen LogP contribution in [-0.4, -0.2) is 77.2 Å². The smallest absolute Gasteiger partial charge is 0.191 e. The van der Waals surface area contributed by atoms with E-state index in [2.05, 4.69) is 39.4 Å². The van der Waals surface area contributed by atoms with Crippen molar-refractivity contribution in [3.05, 3.63) is 0 Å². The Morgan fingerprint density at radius 2 is 2.03 bits per heavy atom. The van der Waals surface area contributed by atoms with Gasteiger partial charge in [-0.1, -0.05) is 37.2 Å². The Morgan fingerprint density at radius 1 is 1.24 bits per heavy atom. The number of fused-ring (bicyclic) bond motifs is 1. The van der Waals surface area contributed by atoms with E-state index in [0.717, 1.165) is 31.6 Å². The lowest BCUT2D eigenvalue weighted by Gasteiger charge is -2.17. The standard InChI is InChI=1S/C18H28N6O4S/c1-3-5-6-19-16-13-17(21-18(20-16)29-7-4-2)24(23-22-13)11-8-10(12(26)9-25)14(27)15(11)28/h10-11,14-15,25,27-28H,3-9H2,1-2H3,(H,19,20,21)/t10-,11-,14-,15+/m1/s1. The number of carbonyl (C=O) groups is 1. The van der Waals surface area contributed by atoms with Gasteiger partial charge < -0.3 is 20.6 Å².